The maximum atomic E-state index is 4.21. The first-order valence-electron chi connectivity index (χ1n) is 6.99. The van der Waals surface area contributed by atoms with Gasteiger partial charge in [-0.3, -0.25) is 0 Å². The summed E-state index contributed by atoms with van der Waals surface area (Å²) in [7, 11) is 2.73. The van der Waals surface area contributed by atoms with Crippen LogP contribution in [0.15, 0.2) is 102 Å². The highest BCUT2D eigenvalue weighted by Gasteiger charge is 2.44. The van der Waals surface area contributed by atoms with Crippen molar-refractivity contribution in [2.24, 2.45) is 41.4 Å². The Hall–Kier alpha value is -2.46. The molecule has 0 aliphatic carbocycles. The number of hydrogen-bond donors (Lipinski definition) is 0. The van der Waals surface area contributed by atoms with Gasteiger partial charge in [-0.15, -0.1) is 20.5 Å². The molecule has 4 rings (SSSR count). The van der Waals surface area contributed by atoms with Gasteiger partial charge < -0.3 is 0 Å². The average molecular weight is 354 g/mol. The Bertz CT molecular complexity index is 739. The summed E-state index contributed by atoms with van der Waals surface area (Å²) in [5.41, 5.74) is 1.75. The fourth-order valence-corrected chi connectivity index (χ4v) is 4.83. The first-order valence-corrected chi connectivity index (χ1v) is 9.14. The van der Waals surface area contributed by atoms with Crippen LogP contribution in [-0.4, -0.2) is 0 Å². The molecule has 10 heteroatoms. The van der Waals surface area contributed by atoms with Crippen molar-refractivity contribution in [1.29, 1.82) is 0 Å². The number of benzene rings is 2. The molecule has 0 fully saturated rings. The molecule has 0 unspecified atom stereocenters. The van der Waals surface area contributed by atoms with Crippen molar-refractivity contribution in [1.82, 2.24) is 0 Å². The van der Waals surface area contributed by atoms with E-state index in [0.717, 1.165) is 11.1 Å². The van der Waals surface area contributed by atoms with Gasteiger partial charge in [0.25, 0.3) is 9.99 Å². The molecule has 2 aliphatic rings. The van der Waals surface area contributed by atoms with Gasteiger partial charge in [-0.25, -0.2) is 0 Å². The molecule has 0 aromatic heterocycles. The maximum Gasteiger partial charge on any atom is 0.275 e. The van der Waals surface area contributed by atoms with E-state index in [4.69, 9.17) is 0 Å². The molecule has 2 aliphatic heterocycles. The Morgan fingerprint density at radius 1 is 0.500 bits per heavy atom. The summed E-state index contributed by atoms with van der Waals surface area (Å²) in [5.74, 6) is 0. The van der Waals surface area contributed by atoms with Crippen molar-refractivity contribution in [3.63, 3.8) is 0 Å². The number of nitrogens with zero attached hydrogens (tertiary/aromatic N) is 8. The molecule has 0 spiro atoms. The molecule has 0 bridgehead atoms. The van der Waals surface area contributed by atoms with Gasteiger partial charge >= 0.3 is 0 Å². The quantitative estimate of drug-likeness (QED) is 0.647. The van der Waals surface area contributed by atoms with Crippen molar-refractivity contribution in [3.8, 4) is 0 Å². The minimum Gasteiger partial charge on any atom is -0.117 e. The standard InChI is InChI=1S/C14H10N8S2/c1-3-7-11(8-4-1)13(15-19-20-16-13)23-24-14(17-21-22-18-14)12-9-5-2-6-10-12/h1-10H. The molecule has 0 saturated carbocycles. The molecule has 2 heterocycles. The fourth-order valence-electron chi connectivity index (χ4n) is 2.18. The van der Waals surface area contributed by atoms with E-state index in [-0.39, 0.29) is 0 Å². The van der Waals surface area contributed by atoms with Crippen LogP contribution in [0.1, 0.15) is 11.1 Å². The lowest BCUT2D eigenvalue weighted by Gasteiger charge is -2.24. The van der Waals surface area contributed by atoms with E-state index >= 15 is 0 Å². The van der Waals surface area contributed by atoms with Crippen molar-refractivity contribution >= 4 is 21.6 Å². The largest absolute Gasteiger partial charge is 0.275 e. The highest BCUT2D eigenvalue weighted by molar-refractivity contribution is 8.77. The van der Waals surface area contributed by atoms with Crippen LogP contribution in [0, 0.1) is 0 Å². The molecular weight excluding hydrogens is 344 g/mol. The Balaban J connectivity index is 1.65. The summed E-state index contributed by atoms with van der Waals surface area (Å²) in [4.78, 5) is -1.91. The zero-order valence-corrected chi connectivity index (χ0v) is 13.8. The third-order valence-corrected chi connectivity index (χ3v) is 6.37. The smallest absolute Gasteiger partial charge is 0.117 e. The van der Waals surface area contributed by atoms with E-state index in [1.807, 2.05) is 60.7 Å². The van der Waals surface area contributed by atoms with Gasteiger partial charge in [0.2, 0.25) is 0 Å². The van der Waals surface area contributed by atoms with Crippen molar-refractivity contribution in [2.45, 2.75) is 9.99 Å². The van der Waals surface area contributed by atoms with Gasteiger partial charge in [-0.2, -0.15) is 0 Å². The maximum absolute atomic E-state index is 4.21. The number of hydrogen-bond acceptors (Lipinski definition) is 10. The Morgan fingerprint density at radius 2 is 0.833 bits per heavy atom. The van der Waals surface area contributed by atoms with Crippen LogP contribution in [0.25, 0.3) is 0 Å². The van der Waals surface area contributed by atoms with Gasteiger partial charge in [-0.1, -0.05) is 60.7 Å². The zero-order chi connectivity index (χ0) is 16.3. The Morgan fingerprint density at radius 3 is 1.17 bits per heavy atom. The van der Waals surface area contributed by atoms with Crippen LogP contribution in [0.3, 0.4) is 0 Å². The third kappa shape index (κ3) is 2.63. The zero-order valence-electron chi connectivity index (χ0n) is 12.2. The predicted molar refractivity (Wildman–Crippen MR) is 90.8 cm³/mol. The summed E-state index contributed by atoms with van der Waals surface area (Å²) in [5, 5.41) is 31.6. The number of rotatable bonds is 5. The third-order valence-electron chi connectivity index (χ3n) is 3.37. The Kier molecular flexibility index (Phi) is 3.90. The SMILES string of the molecule is c1ccc(C2(SSC3(c4ccccc4)N=NN=N3)N=NN=N2)cc1. The normalized spacial score (nSPS) is 19.2. The first kappa shape index (κ1) is 15.1. The van der Waals surface area contributed by atoms with E-state index in [2.05, 4.69) is 41.4 Å². The molecule has 2 aromatic rings. The predicted octanol–water partition coefficient (Wildman–Crippen LogP) is 5.65. The minimum atomic E-state index is -0.957. The van der Waals surface area contributed by atoms with Crippen molar-refractivity contribution in [3.05, 3.63) is 71.8 Å². The second-order valence-corrected chi connectivity index (χ2v) is 7.34. The molecule has 8 nitrogen and oxygen atoms in total. The van der Waals surface area contributed by atoms with Gasteiger partial charge in [0.05, 0.1) is 0 Å². The second kappa shape index (κ2) is 6.21. The van der Waals surface area contributed by atoms with Gasteiger partial charge in [0, 0.05) is 11.1 Å². The van der Waals surface area contributed by atoms with E-state index in [1.54, 1.807) is 0 Å². The lowest BCUT2D eigenvalue weighted by Crippen LogP contribution is -2.17. The summed E-state index contributed by atoms with van der Waals surface area (Å²) in [6.45, 7) is 0. The lowest BCUT2D eigenvalue weighted by atomic mass is 10.2. The van der Waals surface area contributed by atoms with Crippen LogP contribution >= 0.6 is 21.6 Å². The molecule has 0 N–H and O–H groups in total. The van der Waals surface area contributed by atoms with E-state index in [1.165, 1.54) is 21.6 Å². The van der Waals surface area contributed by atoms with Crippen LogP contribution in [0.4, 0.5) is 0 Å². The fraction of sp³-hybridized carbons (Fsp3) is 0.143. The molecule has 24 heavy (non-hydrogen) atoms. The van der Waals surface area contributed by atoms with E-state index in [9.17, 15) is 0 Å². The highest BCUT2D eigenvalue weighted by Crippen LogP contribution is 2.57. The molecule has 0 saturated heterocycles. The van der Waals surface area contributed by atoms with E-state index < -0.39 is 9.99 Å². The molecule has 0 radical (unpaired) electrons. The van der Waals surface area contributed by atoms with Gasteiger partial charge in [0.1, 0.15) is 0 Å². The summed E-state index contributed by atoms with van der Waals surface area (Å²) in [6, 6.07) is 19.3. The van der Waals surface area contributed by atoms with Crippen LogP contribution in [-0.2, 0) is 9.99 Å². The Labute approximate surface area is 145 Å². The first-order chi connectivity index (χ1) is 11.8. The van der Waals surface area contributed by atoms with Gasteiger partial charge in [-0.05, 0) is 42.5 Å². The molecule has 0 atom stereocenters. The molecule has 2 aromatic carbocycles. The molecule has 0 amide bonds. The average Bonchev–Trinajstić information content (AvgIpc) is 3.33. The summed E-state index contributed by atoms with van der Waals surface area (Å²) in [6.07, 6.45) is 0. The van der Waals surface area contributed by atoms with Crippen LogP contribution in [0.2, 0.25) is 0 Å². The van der Waals surface area contributed by atoms with Crippen LogP contribution in [0.5, 0.6) is 0 Å². The summed E-state index contributed by atoms with van der Waals surface area (Å²) < 4.78 is 0. The summed E-state index contributed by atoms with van der Waals surface area (Å²) >= 11 is 0. The monoisotopic (exact) mass is 354 g/mol. The highest BCUT2D eigenvalue weighted by atomic mass is 33.1. The van der Waals surface area contributed by atoms with Crippen molar-refractivity contribution < 1.29 is 0 Å². The van der Waals surface area contributed by atoms with Crippen molar-refractivity contribution in [2.75, 3.05) is 0 Å². The molecule has 118 valence electrons. The topological polar surface area (TPSA) is 98.9 Å². The van der Waals surface area contributed by atoms with Crippen LogP contribution < -0.4 is 0 Å². The second-order valence-electron chi connectivity index (χ2n) is 4.87. The minimum absolute atomic E-state index is 0.877. The molecular formula is C14H10N8S2. The lowest BCUT2D eigenvalue weighted by molar-refractivity contribution is 0.685. The van der Waals surface area contributed by atoms with Gasteiger partial charge in [0.15, 0.2) is 0 Å². The van der Waals surface area contributed by atoms with E-state index in [0.29, 0.717) is 0 Å².